The summed E-state index contributed by atoms with van der Waals surface area (Å²) in [4.78, 5) is 28.4. The number of hydrogen-bond donors (Lipinski definition) is 0. The van der Waals surface area contributed by atoms with Crippen molar-refractivity contribution in [3.8, 4) is 6.07 Å². The predicted molar refractivity (Wildman–Crippen MR) is 102 cm³/mol. The molecule has 0 N–H and O–H groups in total. The Hall–Kier alpha value is -2.58. The first kappa shape index (κ1) is 18.2. The molecule has 0 aliphatic carbocycles. The van der Waals surface area contributed by atoms with Gasteiger partial charge in [-0.25, -0.2) is 0 Å². The Bertz CT molecular complexity index is 870. The molecular formula is C21H20N2O2S. The van der Waals surface area contributed by atoms with Gasteiger partial charge >= 0.3 is 0 Å². The number of likely N-dealkylation sites (N-methyl/N-ethyl adjacent to an activating group) is 1. The molecular weight excluding hydrogens is 344 g/mol. The molecule has 1 heterocycles. The van der Waals surface area contributed by atoms with Crippen LogP contribution in [-0.4, -0.2) is 36.4 Å². The van der Waals surface area contributed by atoms with Gasteiger partial charge in [-0.15, -0.1) is 11.8 Å². The molecule has 0 spiro atoms. The third-order valence-corrected chi connectivity index (χ3v) is 5.73. The SMILES string of the molecule is CSc1ccccc1CC(=O)[C@H]1C(=O)N(C)C[C@@H]1c1ccc(C#N)cc1. The topological polar surface area (TPSA) is 61.2 Å². The lowest BCUT2D eigenvalue weighted by Crippen LogP contribution is -2.29. The number of nitrogens with zero attached hydrogens (tertiary/aromatic N) is 2. The van der Waals surface area contributed by atoms with Crippen molar-refractivity contribution in [2.45, 2.75) is 17.2 Å². The average molecular weight is 364 g/mol. The molecule has 4 nitrogen and oxygen atoms in total. The number of benzene rings is 2. The van der Waals surface area contributed by atoms with Gasteiger partial charge in [0.05, 0.1) is 11.6 Å². The fourth-order valence-corrected chi connectivity index (χ4v) is 4.13. The van der Waals surface area contributed by atoms with E-state index in [0.29, 0.717) is 12.1 Å². The van der Waals surface area contributed by atoms with E-state index in [1.54, 1.807) is 35.8 Å². The van der Waals surface area contributed by atoms with E-state index in [1.807, 2.05) is 42.7 Å². The Morgan fingerprint density at radius 2 is 1.92 bits per heavy atom. The summed E-state index contributed by atoms with van der Waals surface area (Å²) in [6.07, 6.45) is 2.24. The molecule has 0 bridgehead atoms. The van der Waals surface area contributed by atoms with Crippen LogP contribution in [0, 0.1) is 17.2 Å². The van der Waals surface area contributed by atoms with Crippen LogP contribution in [-0.2, 0) is 16.0 Å². The van der Waals surface area contributed by atoms with Crippen molar-refractivity contribution >= 4 is 23.5 Å². The summed E-state index contributed by atoms with van der Waals surface area (Å²) in [5, 5.41) is 8.96. The van der Waals surface area contributed by atoms with Gasteiger partial charge in [-0.3, -0.25) is 9.59 Å². The van der Waals surface area contributed by atoms with E-state index >= 15 is 0 Å². The third kappa shape index (κ3) is 3.51. The minimum Gasteiger partial charge on any atom is -0.344 e. The third-order valence-electron chi connectivity index (χ3n) is 4.89. The smallest absolute Gasteiger partial charge is 0.233 e. The molecule has 2 aromatic rings. The minimum absolute atomic E-state index is 0.0461. The van der Waals surface area contributed by atoms with Crippen molar-refractivity contribution in [1.29, 1.82) is 5.26 Å². The molecule has 1 aliphatic rings. The molecule has 5 heteroatoms. The minimum atomic E-state index is -0.664. The van der Waals surface area contributed by atoms with Crippen LogP contribution in [0.1, 0.15) is 22.6 Å². The Balaban J connectivity index is 1.88. The van der Waals surface area contributed by atoms with Crippen LogP contribution in [0.5, 0.6) is 0 Å². The molecule has 0 saturated carbocycles. The number of Topliss-reactive ketones (excluding diaryl/α,β-unsaturated/α-hetero) is 1. The fourth-order valence-electron chi connectivity index (χ4n) is 3.51. The lowest BCUT2D eigenvalue weighted by molar-refractivity contribution is -0.136. The van der Waals surface area contributed by atoms with Crippen molar-refractivity contribution in [2.75, 3.05) is 19.8 Å². The zero-order chi connectivity index (χ0) is 18.7. The van der Waals surface area contributed by atoms with Crippen LogP contribution in [0.15, 0.2) is 53.4 Å². The van der Waals surface area contributed by atoms with Crippen LogP contribution in [0.25, 0.3) is 0 Å². The molecule has 1 aliphatic heterocycles. The Morgan fingerprint density at radius 1 is 1.23 bits per heavy atom. The highest BCUT2D eigenvalue weighted by Crippen LogP contribution is 2.35. The van der Waals surface area contributed by atoms with Gasteiger partial charge in [-0.2, -0.15) is 5.26 Å². The molecule has 132 valence electrons. The maximum absolute atomic E-state index is 13.0. The lowest BCUT2D eigenvalue weighted by atomic mass is 9.83. The second-order valence-corrected chi connectivity index (χ2v) is 7.34. The van der Waals surface area contributed by atoms with Crippen molar-refractivity contribution < 1.29 is 9.59 Å². The van der Waals surface area contributed by atoms with Crippen LogP contribution in [0.4, 0.5) is 0 Å². The lowest BCUT2D eigenvalue weighted by Gasteiger charge is -2.17. The van der Waals surface area contributed by atoms with Crippen molar-refractivity contribution in [3.05, 3.63) is 65.2 Å². The maximum atomic E-state index is 13.0. The highest BCUT2D eigenvalue weighted by molar-refractivity contribution is 7.98. The molecule has 1 saturated heterocycles. The Kier molecular flexibility index (Phi) is 5.43. The van der Waals surface area contributed by atoms with E-state index in [9.17, 15) is 9.59 Å². The highest BCUT2D eigenvalue weighted by Gasteiger charge is 2.43. The summed E-state index contributed by atoms with van der Waals surface area (Å²) >= 11 is 1.60. The quantitative estimate of drug-likeness (QED) is 0.603. The monoisotopic (exact) mass is 364 g/mol. The summed E-state index contributed by atoms with van der Waals surface area (Å²) in [6, 6.07) is 17.1. The molecule has 26 heavy (non-hydrogen) atoms. The molecule has 2 aromatic carbocycles. The molecule has 3 rings (SSSR count). The van der Waals surface area contributed by atoms with E-state index < -0.39 is 5.92 Å². The number of amides is 1. The second-order valence-electron chi connectivity index (χ2n) is 6.49. The van der Waals surface area contributed by atoms with Crippen LogP contribution < -0.4 is 0 Å². The molecule has 0 aromatic heterocycles. The fraction of sp³-hybridized carbons (Fsp3) is 0.286. The van der Waals surface area contributed by atoms with Crippen LogP contribution in [0.3, 0.4) is 0 Å². The molecule has 0 radical (unpaired) electrons. The van der Waals surface area contributed by atoms with Crippen LogP contribution >= 0.6 is 11.8 Å². The molecule has 0 unspecified atom stereocenters. The van der Waals surface area contributed by atoms with Gasteiger partial charge in [0.25, 0.3) is 0 Å². The van der Waals surface area contributed by atoms with E-state index in [1.165, 1.54) is 0 Å². The number of carbonyl (C=O) groups excluding carboxylic acids is 2. The zero-order valence-corrected chi connectivity index (χ0v) is 15.6. The number of carbonyl (C=O) groups is 2. The zero-order valence-electron chi connectivity index (χ0n) is 14.8. The summed E-state index contributed by atoms with van der Waals surface area (Å²) in [5.74, 6) is -1.00. The maximum Gasteiger partial charge on any atom is 0.233 e. The largest absolute Gasteiger partial charge is 0.344 e. The van der Waals surface area contributed by atoms with Gasteiger partial charge in [-0.1, -0.05) is 30.3 Å². The standard InChI is InChI=1S/C21H20N2O2S/c1-23-13-17(15-9-7-14(12-22)8-10-15)20(21(23)25)18(24)11-16-5-3-4-6-19(16)26-2/h3-10,17,20H,11,13H2,1-2H3/t17-,20+/m1/s1. The summed E-state index contributed by atoms with van der Waals surface area (Å²) in [6.45, 7) is 0.519. The summed E-state index contributed by atoms with van der Waals surface area (Å²) < 4.78 is 0. The van der Waals surface area contributed by atoms with Gasteiger partial charge in [0, 0.05) is 30.8 Å². The Labute approximate surface area is 157 Å². The number of thioether (sulfide) groups is 1. The van der Waals surface area contributed by atoms with E-state index in [-0.39, 0.29) is 24.0 Å². The van der Waals surface area contributed by atoms with Crippen molar-refractivity contribution in [3.63, 3.8) is 0 Å². The molecule has 2 atom stereocenters. The van der Waals surface area contributed by atoms with Crippen molar-refractivity contribution in [2.24, 2.45) is 5.92 Å². The van der Waals surface area contributed by atoms with E-state index in [2.05, 4.69) is 6.07 Å². The second kappa shape index (κ2) is 7.76. The highest BCUT2D eigenvalue weighted by atomic mass is 32.2. The van der Waals surface area contributed by atoms with Gasteiger partial charge in [0.2, 0.25) is 5.91 Å². The summed E-state index contributed by atoms with van der Waals surface area (Å²) in [7, 11) is 1.74. The first-order valence-electron chi connectivity index (χ1n) is 8.44. The van der Waals surface area contributed by atoms with Crippen molar-refractivity contribution in [1.82, 2.24) is 4.90 Å². The predicted octanol–water partition coefficient (Wildman–Crippen LogP) is 3.26. The van der Waals surface area contributed by atoms with Gasteiger partial charge in [0.1, 0.15) is 11.7 Å². The first-order valence-corrected chi connectivity index (χ1v) is 9.67. The number of hydrogen-bond acceptors (Lipinski definition) is 4. The number of rotatable bonds is 5. The van der Waals surface area contributed by atoms with E-state index in [4.69, 9.17) is 5.26 Å². The number of likely N-dealkylation sites (tertiary alicyclic amines) is 1. The van der Waals surface area contributed by atoms with Gasteiger partial charge in [0.15, 0.2) is 0 Å². The average Bonchev–Trinajstić information content (AvgIpc) is 2.97. The molecule has 1 fully saturated rings. The Morgan fingerprint density at radius 3 is 2.58 bits per heavy atom. The van der Waals surface area contributed by atoms with Gasteiger partial charge in [-0.05, 0) is 35.6 Å². The number of nitriles is 1. The van der Waals surface area contributed by atoms with Gasteiger partial charge < -0.3 is 4.90 Å². The van der Waals surface area contributed by atoms with Crippen LogP contribution in [0.2, 0.25) is 0 Å². The van der Waals surface area contributed by atoms with E-state index in [0.717, 1.165) is 16.0 Å². The first-order chi connectivity index (χ1) is 12.5. The normalized spacial score (nSPS) is 19.4. The molecule has 1 amide bonds. The summed E-state index contributed by atoms with van der Waals surface area (Å²) in [5.41, 5.74) is 2.47. The number of ketones is 1.